The van der Waals surface area contributed by atoms with Crippen LogP contribution in [0.25, 0.3) is 0 Å². The fraction of sp³-hybridized carbons (Fsp3) is 1.00. The highest BCUT2D eigenvalue weighted by Crippen LogP contribution is 2.16. The maximum absolute atomic E-state index is 2.34. The molecule has 0 saturated heterocycles. The Balaban J connectivity index is 0. The molecule has 0 aliphatic heterocycles. The lowest BCUT2D eigenvalue weighted by Crippen LogP contribution is -1.87. The van der Waals surface area contributed by atoms with Crippen LogP contribution in [0.3, 0.4) is 0 Å². The highest BCUT2D eigenvalue weighted by molar-refractivity contribution is 4.52. The molecular formula is C28H60. The predicted molar refractivity (Wildman–Crippen MR) is 133 cm³/mol. The van der Waals surface area contributed by atoms with Crippen LogP contribution >= 0.6 is 0 Å². The molecular weight excluding hydrogens is 336 g/mol. The van der Waals surface area contributed by atoms with Gasteiger partial charge in [-0.15, -0.1) is 0 Å². The molecule has 0 unspecified atom stereocenters. The van der Waals surface area contributed by atoms with Gasteiger partial charge in [-0.2, -0.15) is 0 Å². The normalized spacial score (nSPS) is 11.1. The van der Waals surface area contributed by atoms with Crippen molar-refractivity contribution in [1.82, 2.24) is 0 Å². The molecule has 28 heavy (non-hydrogen) atoms. The van der Waals surface area contributed by atoms with Gasteiger partial charge in [-0.1, -0.05) is 176 Å². The van der Waals surface area contributed by atoms with E-state index in [2.05, 4.69) is 20.8 Å². The lowest BCUT2D eigenvalue weighted by atomic mass is 10.0. The molecule has 0 aromatic rings. The number of unbranched alkanes of at least 4 members (excludes halogenated alkanes) is 21. The lowest BCUT2D eigenvalue weighted by molar-refractivity contribution is 0.500. The van der Waals surface area contributed by atoms with E-state index in [1.807, 2.05) is 0 Å². The summed E-state index contributed by atoms with van der Waals surface area (Å²) in [5.41, 5.74) is 0. The lowest BCUT2D eigenvalue weighted by Gasteiger charge is -2.05. The number of hydrogen-bond donors (Lipinski definition) is 0. The Morgan fingerprint density at radius 2 is 0.571 bits per heavy atom. The summed E-state index contributed by atoms with van der Waals surface area (Å²) in [5.74, 6) is 0.898. The molecule has 0 nitrogen and oxygen atoms in total. The number of hydrogen-bond acceptors (Lipinski definition) is 0. The van der Waals surface area contributed by atoms with Crippen LogP contribution in [0.5, 0.6) is 0 Å². The Hall–Kier alpha value is 0. The molecule has 0 heterocycles. The van der Waals surface area contributed by atoms with Crippen molar-refractivity contribution in [3.63, 3.8) is 0 Å². The molecule has 0 radical (unpaired) electrons. The molecule has 0 atom stereocenters. The quantitative estimate of drug-likeness (QED) is 0.151. The molecule has 0 fully saturated rings. The minimum atomic E-state index is 0. The first-order chi connectivity index (χ1) is 13.3. The van der Waals surface area contributed by atoms with Gasteiger partial charge < -0.3 is 0 Å². The Labute approximate surface area is 182 Å². The zero-order chi connectivity index (χ0) is 19.8. The van der Waals surface area contributed by atoms with Crippen LogP contribution in [0.15, 0.2) is 0 Å². The first-order valence-corrected chi connectivity index (χ1v) is 13.3. The summed E-state index contributed by atoms with van der Waals surface area (Å²) in [7, 11) is 0. The third kappa shape index (κ3) is 28.2. The van der Waals surface area contributed by atoms with Crippen molar-refractivity contribution in [1.29, 1.82) is 0 Å². The van der Waals surface area contributed by atoms with E-state index >= 15 is 0 Å². The van der Waals surface area contributed by atoms with Crippen molar-refractivity contribution < 1.29 is 0 Å². The summed E-state index contributed by atoms with van der Waals surface area (Å²) in [6.45, 7) is 6.99. The average Bonchev–Trinajstić information content (AvgIpc) is 2.65. The van der Waals surface area contributed by atoms with E-state index in [-0.39, 0.29) is 7.43 Å². The second-order valence-corrected chi connectivity index (χ2v) is 9.61. The van der Waals surface area contributed by atoms with E-state index < -0.39 is 0 Å². The Kier molecular flexibility index (Phi) is 29.1. The molecule has 0 aliphatic rings. The molecule has 0 heteroatoms. The summed E-state index contributed by atoms with van der Waals surface area (Å²) in [6, 6.07) is 0. The SMILES string of the molecule is C.CCCCCCCCCCCCCCCCCCCCCCCCC(C)C. The first-order valence-electron chi connectivity index (χ1n) is 13.3. The van der Waals surface area contributed by atoms with Gasteiger partial charge in [-0.25, -0.2) is 0 Å². The molecule has 0 rings (SSSR count). The van der Waals surface area contributed by atoms with Gasteiger partial charge >= 0.3 is 0 Å². The van der Waals surface area contributed by atoms with Crippen molar-refractivity contribution >= 4 is 0 Å². The number of rotatable bonds is 23. The smallest absolute Gasteiger partial charge is 0.0471 e. The van der Waals surface area contributed by atoms with Gasteiger partial charge in [0.2, 0.25) is 0 Å². The average molecular weight is 397 g/mol. The van der Waals surface area contributed by atoms with Gasteiger partial charge in [0.15, 0.2) is 0 Å². The van der Waals surface area contributed by atoms with Crippen LogP contribution in [0.4, 0.5) is 0 Å². The molecule has 0 spiro atoms. The third-order valence-corrected chi connectivity index (χ3v) is 6.14. The molecule has 0 aromatic carbocycles. The minimum absolute atomic E-state index is 0. The third-order valence-electron chi connectivity index (χ3n) is 6.14. The molecule has 0 saturated carbocycles. The second-order valence-electron chi connectivity index (χ2n) is 9.61. The maximum atomic E-state index is 2.34. The van der Waals surface area contributed by atoms with Crippen molar-refractivity contribution in [2.75, 3.05) is 0 Å². The fourth-order valence-electron chi connectivity index (χ4n) is 4.16. The fourth-order valence-corrected chi connectivity index (χ4v) is 4.16. The summed E-state index contributed by atoms with van der Waals surface area (Å²) >= 11 is 0. The topological polar surface area (TPSA) is 0 Å². The molecule has 0 amide bonds. The zero-order valence-corrected chi connectivity index (χ0v) is 19.8. The Morgan fingerprint density at radius 1 is 0.357 bits per heavy atom. The summed E-state index contributed by atoms with van der Waals surface area (Å²) in [5, 5.41) is 0. The van der Waals surface area contributed by atoms with E-state index in [9.17, 15) is 0 Å². The van der Waals surface area contributed by atoms with Gasteiger partial charge in [0.1, 0.15) is 0 Å². The van der Waals surface area contributed by atoms with Gasteiger partial charge in [0.05, 0.1) is 0 Å². The van der Waals surface area contributed by atoms with E-state index in [4.69, 9.17) is 0 Å². The molecule has 0 aliphatic carbocycles. The monoisotopic (exact) mass is 396 g/mol. The highest BCUT2D eigenvalue weighted by Gasteiger charge is 1.96. The Bertz CT molecular complexity index is 242. The van der Waals surface area contributed by atoms with Gasteiger partial charge in [-0.05, 0) is 5.92 Å². The largest absolute Gasteiger partial charge is 0.0776 e. The van der Waals surface area contributed by atoms with Crippen LogP contribution in [-0.4, -0.2) is 0 Å². The standard InChI is InChI=1S/C27H56.CH4/c1-4-5-6-7-8-9-10-11-12-13-14-15-16-17-18-19-20-21-22-23-24-25-26-27(2)3;/h27H,4-26H2,1-3H3;1H4. The molecule has 0 bridgehead atoms. The predicted octanol–water partition coefficient (Wildman–Crippen LogP) is 11.3. The van der Waals surface area contributed by atoms with Crippen LogP contribution in [0, 0.1) is 5.92 Å². The summed E-state index contributed by atoms with van der Waals surface area (Å²) in [4.78, 5) is 0. The minimum Gasteiger partial charge on any atom is -0.0776 e. The maximum Gasteiger partial charge on any atom is -0.0471 e. The highest BCUT2D eigenvalue weighted by atomic mass is 14.0. The molecule has 172 valence electrons. The van der Waals surface area contributed by atoms with Crippen molar-refractivity contribution in [3.05, 3.63) is 0 Å². The van der Waals surface area contributed by atoms with Crippen molar-refractivity contribution in [2.24, 2.45) is 5.92 Å². The summed E-state index contributed by atoms with van der Waals surface area (Å²) < 4.78 is 0. The van der Waals surface area contributed by atoms with Crippen LogP contribution < -0.4 is 0 Å². The van der Waals surface area contributed by atoms with E-state index in [0.717, 1.165) is 5.92 Å². The zero-order valence-electron chi connectivity index (χ0n) is 19.8. The van der Waals surface area contributed by atoms with Crippen LogP contribution in [0.1, 0.15) is 176 Å². The van der Waals surface area contributed by atoms with Crippen molar-refractivity contribution in [2.45, 2.75) is 176 Å². The van der Waals surface area contributed by atoms with Gasteiger partial charge in [-0.3, -0.25) is 0 Å². The van der Waals surface area contributed by atoms with E-state index in [1.165, 1.54) is 148 Å². The first kappa shape index (κ1) is 30.2. The molecule has 0 N–H and O–H groups in total. The van der Waals surface area contributed by atoms with Crippen LogP contribution in [-0.2, 0) is 0 Å². The van der Waals surface area contributed by atoms with E-state index in [1.54, 1.807) is 0 Å². The molecule has 0 aromatic heterocycles. The van der Waals surface area contributed by atoms with Gasteiger partial charge in [0.25, 0.3) is 0 Å². The van der Waals surface area contributed by atoms with Gasteiger partial charge in [0, 0.05) is 0 Å². The second kappa shape index (κ2) is 27.0. The van der Waals surface area contributed by atoms with Crippen LogP contribution in [0.2, 0.25) is 0 Å². The van der Waals surface area contributed by atoms with E-state index in [0.29, 0.717) is 0 Å². The Morgan fingerprint density at radius 3 is 0.786 bits per heavy atom. The van der Waals surface area contributed by atoms with Crippen molar-refractivity contribution in [3.8, 4) is 0 Å². The summed E-state index contributed by atoms with van der Waals surface area (Å²) in [6.07, 6.45) is 33.9.